The maximum absolute atomic E-state index is 14.0. The fourth-order valence-electron chi connectivity index (χ4n) is 4.33. The SMILES string of the molecule is COc1cc2ccccc2cc1C(=O)N(CC1CCCO1)c1nc2c(OC)ccc(OC)c2s1. The van der Waals surface area contributed by atoms with Crippen LogP contribution in [0.4, 0.5) is 5.13 Å². The molecule has 0 saturated carbocycles. The molecule has 34 heavy (non-hydrogen) atoms. The van der Waals surface area contributed by atoms with E-state index in [1.165, 1.54) is 11.3 Å². The number of methoxy groups -OCH3 is 3. The third-order valence-electron chi connectivity index (χ3n) is 6.08. The standard InChI is InChI=1S/C26H26N2O5S/c1-30-20-10-11-21(31-2)24-23(20)27-26(34-24)28(15-18-9-6-12-33-18)25(29)19-13-16-7-4-5-8-17(16)14-22(19)32-3/h4-5,7-8,10-11,13-14,18H,6,9,12,15H2,1-3H3. The average Bonchev–Trinajstić information content (AvgIpc) is 3.55. The molecule has 0 spiro atoms. The van der Waals surface area contributed by atoms with Gasteiger partial charge >= 0.3 is 0 Å². The minimum absolute atomic E-state index is 0.0498. The molecular weight excluding hydrogens is 452 g/mol. The zero-order chi connectivity index (χ0) is 23.7. The summed E-state index contributed by atoms with van der Waals surface area (Å²) in [5.41, 5.74) is 1.15. The van der Waals surface area contributed by atoms with E-state index >= 15 is 0 Å². The smallest absolute Gasteiger partial charge is 0.263 e. The molecule has 1 aliphatic rings. The first-order chi connectivity index (χ1) is 16.6. The summed E-state index contributed by atoms with van der Waals surface area (Å²) in [5.74, 6) is 1.66. The molecule has 0 N–H and O–H groups in total. The van der Waals surface area contributed by atoms with E-state index in [0.717, 1.165) is 28.3 Å². The maximum atomic E-state index is 14.0. The number of carbonyl (C=O) groups excluding carboxylic acids is 1. The molecular formula is C26H26N2O5S. The molecule has 5 rings (SSSR count). The van der Waals surface area contributed by atoms with Gasteiger partial charge in [0.1, 0.15) is 27.5 Å². The van der Waals surface area contributed by atoms with Crippen molar-refractivity contribution in [2.45, 2.75) is 18.9 Å². The lowest BCUT2D eigenvalue weighted by molar-refractivity contribution is 0.0915. The van der Waals surface area contributed by atoms with Crippen LogP contribution in [0.15, 0.2) is 48.5 Å². The number of hydrogen-bond donors (Lipinski definition) is 0. The molecule has 1 aromatic heterocycles. The zero-order valence-electron chi connectivity index (χ0n) is 19.4. The van der Waals surface area contributed by atoms with Gasteiger partial charge in [0.15, 0.2) is 5.13 Å². The topological polar surface area (TPSA) is 70.1 Å². The Morgan fingerprint density at radius 2 is 1.74 bits per heavy atom. The second-order valence-corrected chi connectivity index (χ2v) is 9.07. The lowest BCUT2D eigenvalue weighted by Gasteiger charge is -2.24. The Balaban J connectivity index is 1.63. The second kappa shape index (κ2) is 9.48. The Labute approximate surface area is 201 Å². The molecule has 1 aliphatic heterocycles. The van der Waals surface area contributed by atoms with Crippen molar-refractivity contribution in [3.8, 4) is 17.2 Å². The number of anilines is 1. The van der Waals surface area contributed by atoms with E-state index in [9.17, 15) is 4.79 Å². The third kappa shape index (κ3) is 4.03. The van der Waals surface area contributed by atoms with Crippen molar-refractivity contribution < 1.29 is 23.7 Å². The molecule has 0 aliphatic carbocycles. The van der Waals surface area contributed by atoms with E-state index < -0.39 is 0 Å². The summed E-state index contributed by atoms with van der Waals surface area (Å²) in [6.45, 7) is 1.10. The van der Waals surface area contributed by atoms with Gasteiger partial charge in [-0.2, -0.15) is 0 Å². The highest BCUT2D eigenvalue weighted by molar-refractivity contribution is 7.22. The normalized spacial score (nSPS) is 15.6. The lowest BCUT2D eigenvalue weighted by Crippen LogP contribution is -2.37. The number of amides is 1. The first-order valence-corrected chi connectivity index (χ1v) is 12.0. The Bertz CT molecular complexity index is 1310. The number of fused-ring (bicyclic) bond motifs is 2. The molecule has 1 amide bonds. The second-order valence-electron chi connectivity index (χ2n) is 8.09. The molecule has 7 nitrogen and oxygen atoms in total. The van der Waals surface area contributed by atoms with Crippen molar-refractivity contribution >= 4 is 43.4 Å². The minimum atomic E-state index is -0.185. The number of ether oxygens (including phenoxy) is 4. The highest BCUT2D eigenvalue weighted by Gasteiger charge is 2.30. The monoisotopic (exact) mass is 478 g/mol. The fourth-order valence-corrected chi connectivity index (χ4v) is 5.41. The molecule has 176 valence electrons. The molecule has 0 bridgehead atoms. The summed E-state index contributed by atoms with van der Waals surface area (Å²) in [5, 5.41) is 2.54. The van der Waals surface area contributed by atoms with Crippen LogP contribution < -0.4 is 19.1 Å². The molecule has 1 atom stereocenters. The van der Waals surface area contributed by atoms with E-state index in [2.05, 4.69) is 0 Å². The predicted octanol–water partition coefficient (Wildman–Crippen LogP) is 5.30. The molecule has 1 unspecified atom stereocenters. The van der Waals surface area contributed by atoms with Crippen LogP contribution in [0.1, 0.15) is 23.2 Å². The van der Waals surface area contributed by atoms with E-state index in [-0.39, 0.29) is 12.0 Å². The van der Waals surface area contributed by atoms with Gasteiger partial charge in [0.25, 0.3) is 5.91 Å². The first-order valence-electron chi connectivity index (χ1n) is 11.1. The van der Waals surface area contributed by atoms with Crippen molar-refractivity contribution in [2.24, 2.45) is 0 Å². The number of carbonyl (C=O) groups is 1. The van der Waals surface area contributed by atoms with Gasteiger partial charge in [-0.15, -0.1) is 0 Å². The van der Waals surface area contributed by atoms with Crippen LogP contribution in [0.3, 0.4) is 0 Å². The molecule has 2 heterocycles. The molecule has 0 radical (unpaired) electrons. The van der Waals surface area contributed by atoms with Crippen LogP contribution in [0.5, 0.6) is 17.2 Å². The number of rotatable bonds is 7. The number of aromatic nitrogens is 1. The Morgan fingerprint density at radius 1 is 1.03 bits per heavy atom. The van der Waals surface area contributed by atoms with Crippen molar-refractivity contribution in [1.29, 1.82) is 0 Å². The summed E-state index contributed by atoms with van der Waals surface area (Å²) >= 11 is 1.40. The maximum Gasteiger partial charge on any atom is 0.263 e. The van der Waals surface area contributed by atoms with Gasteiger partial charge in [0, 0.05) is 6.61 Å². The van der Waals surface area contributed by atoms with Gasteiger partial charge in [-0.3, -0.25) is 9.69 Å². The number of nitrogens with zero attached hydrogens (tertiary/aromatic N) is 2. The highest BCUT2D eigenvalue weighted by atomic mass is 32.1. The summed E-state index contributed by atoms with van der Waals surface area (Å²) in [6.07, 6.45) is 1.83. The third-order valence-corrected chi connectivity index (χ3v) is 7.18. The van der Waals surface area contributed by atoms with Crippen LogP contribution in [-0.2, 0) is 4.74 Å². The molecule has 8 heteroatoms. The van der Waals surface area contributed by atoms with E-state index in [1.54, 1.807) is 26.2 Å². The van der Waals surface area contributed by atoms with Gasteiger partial charge in [-0.1, -0.05) is 35.6 Å². The quantitative estimate of drug-likeness (QED) is 0.359. The fraction of sp³-hybridized carbons (Fsp3) is 0.308. The van der Waals surface area contributed by atoms with Crippen LogP contribution in [0.2, 0.25) is 0 Å². The Kier molecular flexibility index (Phi) is 6.26. The predicted molar refractivity (Wildman–Crippen MR) is 134 cm³/mol. The van der Waals surface area contributed by atoms with Gasteiger partial charge in [0.2, 0.25) is 0 Å². The van der Waals surface area contributed by atoms with Crippen LogP contribution in [0, 0.1) is 0 Å². The van der Waals surface area contributed by atoms with Crippen LogP contribution >= 0.6 is 11.3 Å². The molecule has 1 saturated heterocycles. The highest BCUT2D eigenvalue weighted by Crippen LogP contribution is 2.41. The summed E-state index contributed by atoms with van der Waals surface area (Å²) in [7, 11) is 4.81. The summed E-state index contributed by atoms with van der Waals surface area (Å²) in [6, 6.07) is 15.4. The molecule has 3 aromatic carbocycles. The summed E-state index contributed by atoms with van der Waals surface area (Å²) < 4.78 is 23.4. The first kappa shape index (κ1) is 22.4. The zero-order valence-corrected chi connectivity index (χ0v) is 20.2. The average molecular weight is 479 g/mol. The van der Waals surface area contributed by atoms with Crippen molar-refractivity contribution in [3.63, 3.8) is 0 Å². The van der Waals surface area contributed by atoms with Crippen LogP contribution in [-0.4, -0.2) is 51.5 Å². The Hall–Kier alpha value is -3.36. The van der Waals surface area contributed by atoms with Crippen LogP contribution in [0.25, 0.3) is 21.0 Å². The molecule has 1 fully saturated rings. The number of benzene rings is 3. The van der Waals surface area contributed by atoms with Gasteiger partial charge < -0.3 is 18.9 Å². The van der Waals surface area contributed by atoms with Crippen molar-refractivity contribution in [3.05, 3.63) is 54.1 Å². The largest absolute Gasteiger partial charge is 0.496 e. The van der Waals surface area contributed by atoms with Gasteiger partial charge in [0.05, 0.1) is 39.5 Å². The number of thiazole rings is 1. The Morgan fingerprint density at radius 3 is 2.41 bits per heavy atom. The molecule has 4 aromatic rings. The van der Waals surface area contributed by atoms with Crippen molar-refractivity contribution in [2.75, 3.05) is 39.4 Å². The van der Waals surface area contributed by atoms with Gasteiger partial charge in [-0.25, -0.2) is 4.98 Å². The van der Waals surface area contributed by atoms with Crippen molar-refractivity contribution in [1.82, 2.24) is 4.98 Å². The number of hydrogen-bond acceptors (Lipinski definition) is 7. The lowest BCUT2D eigenvalue weighted by atomic mass is 10.0. The van der Waals surface area contributed by atoms with Gasteiger partial charge in [-0.05, 0) is 47.9 Å². The van der Waals surface area contributed by atoms with E-state index in [1.807, 2.05) is 48.5 Å². The van der Waals surface area contributed by atoms with E-state index in [4.69, 9.17) is 23.9 Å². The van der Waals surface area contributed by atoms with E-state index in [0.29, 0.717) is 46.6 Å². The summed E-state index contributed by atoms with van der Waals surface area (Å²) in [4.78, 5) is 20.6. The minimum Gasteiger partial charge on any atom is -0.496 e.